The topological polar surface area (TPSA) is 100 Å². The minimum Gasteiger partial charge on any atom is -0.382 e. The van der Waals surface area contributed by atoms with Crippen LogP contribution in [0.25, 0.3) is 0 Å². The van der Waals surface area contributed by atoms with Gasteiger partial charge in [-0.3, -0.25) is 9.59 Å². The van der Waals surface area contributed by atoms with Crippen LogP contribution in [0.2, 0.25) is 0 Å². The van der Waals surface area contributed by atoms with Gasteiger partial charge in [-0.15, -0.1) is 0 Å². The van der Waals surface area contributed by atoms with Crippen LogP contribution in [-0.2, 0) is 4.79 Å². The molecule has 0 saturated heterocycles. The Morgan fingerprint density at radius 3 is 2.70 bits per heavy atom. The van der Waals surface area contributed by atoms with E-state index in [0.29, 0.717) is 16.6 Å². The highest BCUT2D eigenvalue weighted by atomic mass is 32.1. The summed E-state index contributed by atoms with van der Waals surface area (Å²) in [5.41, 5.74) is 5.71. The Bertz CT molecular complexity index is 474. The third-order valence-corrected chi connectivity index (χ3v) is 3.71. The zero-order chi connectivity index (χ0) is 15.1. The number of thiazole rings is 1. The molecule has 7 nitrogen and oxygen atoms in total. The van der Waals surface area contributed by atoms with Crippen LogP contribution in [0.15, 0.2) is 0 Å². The molecule has 8 heteroatoms. The van der Waals surface area contributed by atoms with Crippen molar-refractivity contribution in [2.75, 3.05) is 37.7 Å². The van der Waals surface area contributed by atoms with Gasteiger partial charge >= 0.3 is 0 Å². The van der Waals surface area contributed by atoms with Crippen LogP contribution in [0.1, 0.15) is 29.9 Å². The van der Waals surface area contributed by atoms with Crippen molar-refractivity contribution >= 4 is 34.1 Å². The summed E-state index contributed by atoms with van der Waals surface area (Å²) in [6.07, 6.45) is 0.957. The molecule has 0 aliphatic carbocycles. The molecule has 1 aromatic rings. The second kappa shape index (κ2) is 7.68. The van der Waals surface area contributed by atoms with E-state index in [9.17, 15) is 9.59 Å². The van der Waals surface area contributed by atoms with Crippen LogP contribution in [0.5, 0.6) is 0 Å². The summed E-state index contributed by atoms with van der Waals surface area (Å²) < 4.78 is 0. The van der Waals surface area contributed by atoms with Gasteiger partial charge in [0.15, 0.2) is 5.13 Å². The van der Waals surface area contributed by atoms with Gasteiger partial charge in [0.05, 0.1) is 6.54 Å². The minimum absolute atomic E-state index is 0.0434. The van der Waals surface area contributed by atoms with E-state index in [4.69, 9.17) is 5.73 Å². The number of nitrogens with one attached hydrogen (secondary N) is 2. The lowest BCUT2D eigenvalue weighted by molar-refractivity contribution is -0.128. The number of nitrogens with two attached hydrogens (primary N) is 1. The van der Waals surface area contributed by atoms with Crippen LogP contribution in [0, 0.1) is 0 Å². The molecular weight excluding hydrogens is 278 g/mol. The van der Waals surface area contributed by atoms with Crippen molar-refractivity contribution in [3.05, 3.63) is 4.88 Å². The molecule has 4 N–H and O–H groups in total. The van der Waals surface area contributed by atoms with Crippen molar-refractivity contribution in [3.63, 3.8) is 0 Å². The molecule has 0 aromatic carbocycles. The predicted molar refractivity (Wildman–Crippen MR) is 81.0 cm³/mol. The fraction of sp³-hybridized carbons (Fsp3) is 0.583. The van der Waals surface area contributed by atoms with E-state index >= 15 is 0 Å². The molecule has 0 saturated carbocycles. The molecule has 1 heterocycles. The molecule has 1 aromatic heterocycles. The molecule has 0 radical (unpaired) electrons. The van der Waals surface area contributed by atoms with Crippen molar-refractivity contribution in [1.82, 2.24) is 15.2 Å². The number of nitrogens with zero attached hydrogens (tertiary/aromatic N) is 2. The SMILES string of the molecule is CCCNc1nc(N)c(C(=O)NCC(=O)N(C)CC)s1. The van der Waals surface area contributed by atoms with E-state index in [1.807, 2.05) is 13.8 Å². The lowest BCUT2D eigenvalue weighted by atomic mass is 10.4. The quantitative estimate of drug-likeness (QED) is 0.690. The highest BCUT2D eigenvalue weighted by Gasteiger charge is 2.17. The molecule has 2 amide bonds. The number of nitrogen functional groups attached to an aromatic ring is 1. The number of hydrogen-bond donors (Lipinski definition) is 3. The van der Waals surface area contributed by atoms with Gasteiger partial charge in [0, 0.05) is 20.1 Å². The smallest absolute Gasteiger partial charge is 0.265 e. The van der Waals surface area contributed by atoms with Gasteiger partial charge in [-0.2, -0.15) is 0 Å². The van der Waals surface area contributed by atoms with E-state index in [1.165, 1.54) is 16.2 Å². The summed E-state index contributed by atoms with van der Waals surface area (Å²) in [5, 5.41) is 6.25. The maximum Gasteiger partial charge on any atom is 0.265 e. The number of likely N-dealkylation sites (N-methyl/N-ethyl adjacent to an activating group) is 1. The van der Waals surface area contributed by atoms with Gasteiger partial charge in [-0.1, -0.05) is 18.3 Å². The first kappa shape index (κ1) is 16.2. The fourth-order valence-corrected chi connectivity index (χ4v) is 2.18. The van der Waals surface area contributed by atoms with Gasteiger partial charge in [0.25, 0.3) is 5.91 Å². The highest BCUT2D eigenvalue weighted by Crippen LogP contribution is 2.24. The lowest BCUT2D eigenvalue weighted by Gasteiger charge is -2.14. The Labute approximate surface area is 122 Å². The number of carbonyl (C=O) groups excluding carboxylic acids is 2. The largest absolute Gasteiger partial charge is 0.382 e. The summed E-state index contributed by atoms with van der Waals surface area (Å²) in [7, 11) is 1.68. The number of anilines is 2. The van der Waals surface area contributed by atoms with E-state index in [0.717, 1.165) is 13.0 Å². The monoisotopic (exact) mass is 299 g/mol. The normalized spacial score (nSPS) is 10.2. The van der Waals surface area contributed by atoms with E-state index in [2.05, 4.69) is 15.6 Å². The third kappa shape index (κ3) is 4.37. The van der Waals surface area contributed by atoms with Gasteiger partial charge < -0.3 is 21.3 Å². The minimum atomic E-state index is -0.373. The second-order valence-electron chi connectivity index (χ2n) is 4.25. The Balaban J connectivity index is 2.59. The number of rotatable bonds is 7. The van der Waals surface area contributed by atoms with Crippen molar-refractivity contribution in [3.8, 4) is 0 Å². The number of amides is 2. The summed E-state index contributed by atoms with van der Waals surface area (Å²) in [4.78, 5) is 29.5. The molecular formula is C12H21N5O2S. The van der Waals surface area contributed by atoms with Gasteiger partial charge in [0.2, 0.25) is 5.91 Å². The van der Waals surface area contributed by atoms with Crippen LogP contribution in [0.4, 0.5) is 10.9 Å². The molecule has 0 unspecified atom stereocenters. The molecule has 0 aliphatic heterocycles. The molecule has 0 aliphatic rings. The number of carbonyl (C=O) groups is 2. The molecule has 112 valence electrons. The maximum absolute atomic E-state index is 11.9. The fourth-order valence-electron chi connectivity index (χ4n) is 1.35. The molecule has 0 atom stereocenters. The first-order valence-corrected chi connectivity index (χ1v) is 7.33. The van der Waals surface area contributed by atoms with Gasteiger partial charge in [0.1, 0.15) is 10.7 Å². The molecule has 0 fully saturated rings. The zero-order valence-corrected chi connectivity index (χ0v) is 12.8. The zero-order valence-electron chi connectivity index (χ0n) is 12.0. The lowest BCUT2D eigenvalue weighted by Crippen LogP contribution is -2.37. The van der Waals surface area contributed by atoms with E-state index < -0.39 is 0 Å². The van der Waals surface area contributed by atoms with Crippen LogP contribution < -0.4 is 16.4 Å². The van der Waals surface area contributed by atoms with E-state index in [1.54, 1.807) is 7.05 Å². The van der Waals surface area contributed by atoms with Crippen LogP contribution in [0.3, 0.4) is 0 Å². The van der Waals surface area contributed by atoms with Crippen molar-refractivity contribution in [2.24, 2.45) is 0 Å². The maximum atomic E-state index is 11.9. The average Bonchev–Trinajstić information content (AvgIpc) is 2.82. The van der Waals surface area contributed by atoms with Crippen molar-refractivity contribution in [2.45, 2.75) is 20.3 Å². The Morgan fingerprint density at radius 1 is 1.40 bits per heavy atom. The summed E-state index contributed by atoms with van der Waals surface area (Å²) >= 11 is 1.19. The molecule has 1 rings (SSSR count). The average molecular weight is 299 g/mol. The van der Waals surface area contributed by atoms with Gasteiger partial charge in [-0.05, 0) is 13.3 Å². The Kier molecular flexibility index (Phi) is 6.23. The Morgan fingerprint density at radius 2 is 2.10 bits per heavy atom. The van der Waals surface area contributed by atoms with Crippen LogP contribution in [-0.4, -0.2) is 48.4 Å². The van der Waals surface area contributed by atoms with Crippen molar-refractivity contribution in [1.29, 1.82) is 0 Å². The standard InChI is InChI=1S/C12H21N5O2S/c1-4-6-14-12-16-10(13)9(20-12)11(19)15-7-8(18)17(3)5-2/h4-7,13H2,1-3H3,(H,14,16)(H,15,19). The first-order valence-electron chi connectivity index (χ1n) is 6.51. The number of hydrogen-bond acceptors (Lipinski definition) is 6. The van der Waals surface area contributed by atoms with Crippen LogP contribution >= 0.6 is 11.3 Å². The highest BCUT2D eigenvalue weighted by molar-refractivity contribution is 7.18. The molecule has 0 spiro atoms. The second-order valence-corrected chi connectivity index (χ2v) is 5.25. The molecule has 0 bridgehead atoms. The molecule has 20 heavy (non-hydrogen) atoms. The summed E-state index contributed by atoms with van der Waals surface area (Å²) in [6.45, 7) is 5.23. The van der Waals surface area contributed by atoms with E-state index in [-0.39, 0.29) is 24.2 Å². The number of aromatic nitrogens is 1. The third-order valence-electron chi connectivity index (χ3n) is 2.69. The Hall–Kier alpha value is -1.83. The first-order chi connectivity index (χ1) is 9.49. The summed E-state index contributed by atoms with van der Waals surface area (Å²) in [5.74, 6) is -0.335. The summed E-state index contributed by atoms with van der Waals surface area (Å²) in [6, 6.07) is 0. The predicted octanol–water partition coefficient (Wildman–Crippen LogP) is 0.755. The van der Waals surface area contributed by atoms with Gasteiger partial charge in [-0.25, -0.2) is 4.98 Å². The van der Waals surface area contributed by atoms with Crippen molar-refractivity contribution < 1.29 is 9.59 Å².